The molecule has 0 bridgehead atoms. The zero-order valence-corrected chi connectivity index (χ0v) is 12.7. The molecule has 2 rings (SSSR count). The van der Waals surface area contributed by atoms with Crippen LogP contribution in [-0.2, 0) is 0 Å². The number of hydrogen-bond acceptors (Lipinski definition) is 0. The van der Waals surface area contributed by atoms with Crippen molar-refractivity contribution in [1.29, 1.82) is 0 Å². The van der Waals surface area contributed by atoms with Crippen LogP contribution in [0.3, 0.4) is 0 Å². The maximum absolute atomic E-state index is 6.45. The molecule has 0 fully saturated rings. The van der Waals surface area contributed by atoms with Gasteiger partial charge in [0, 0.05) is 0 Å². The van der Waals surface area contributed by atoms with E-state index in [0.717, 1.165) is 17.5 Å². The number of aryl methyl sites for hydroxylation is 2. The van der Waals surface area contributed by atoms with Crippen LogP contribution in [0.1, 0.15) is 39.4 Å². The molecule has 0 spiro atoms. The van der Waals surface area contributed by atoms with Gasteiger partial charge in [0.1, 0.15) is 0 Å². The maximum Gasteiger partial charge on any atom is 0.0602 e. The van der Waals surface area contributed by atoms with Crippen molar-refractivity contribution < 1.29 is 0 Å². The molecule has 0 saturated carbocycles. The third-order valence-electron chi connectivity index (χ3n) is 3.29. The van der Waals surface area contributed by atoms with E-state index in [1.54, 1.807) is 0 Å². The summed E-state index contributed by atoms with van der Waals surface area (Å²) in [5.41, 5.74) is 4.75. The van der Waals surface area contributed by atoms with Crippen LogP contribution in [0.5, 0.6) is 0 Å². The van der Waals surface area contributed by atoms with E-state index in [4.69, 9.17) is 23.2 Å². The summed E-state index contributed by atoms with van der Waals surface area (Å²) in [6, 6.07) is 16.6. The minimum Gasteiger partial charge on any atom is -0.118 e. The van der Waals surface area contributed by atoms with Crippen LogP contribution in [0.2, 0.25) is 0 Å². The van der Waals surface area contributed by atoms with E-state index >= 15 is 0 Å². The van der Waals surface area contributed by atoms with Crippen LogP contribution in [0.25, 0.3) is 0 Å². The highest BCUT2D eigenvalue weighted by atomic mass is 35.5. The number of benzene rings is 2. The molecule has 2 atom stereocenters. The third kappa shape index (κ3) is 3.99. The third-order valence-corrected chi connectivity index (χ3v) is 4.15. The number of hydrogen-bond donors (Lipinski definition) is 0. The van der Waals surface area contributed by atoms with Gasteiger partial charge in [0.25, 0.3) is 0 Å². The standard InChI is InChI=1S/C17H18Cl2/c1-12-3-7-14(8-4-12)16(18)11-17(19)15-9-5-13(2)6-10-15/h3-10,16-17H,11H2,1-2H3. The first-order valence-electron chi connectivity index (χ1n) is 6.47. The van der Waals surface area contributed by atoms with E-state index in [1.807, 2.05) is 0 Å². The Bertz CT molecular complexity index is 464. The molecule has 0 aromatic heterocycles. The van der Waals surface area contributed by atoms with E-state index < -0.39 is 0 Å². The predicted octanol–water partition coefficient (Wildman–Crippen LogP) is 5.95. The van der Waals surface area contributed by atoms with Crippen LogP contribution in [-0.4, -0.2) is 0 Å². The van der Waals surface area contributed by atoms with Gasteiger partial charge < -0.3 is 0 Å². The molecule has 2 aromatic carbocycles. The highest BCUT2D eigenvalue weighted by Crippen LogP contribution is 2.35. The van der Waals surface area contributed by atoms with Crippen molar-refractivity contribution in [3.63, 3.8) is 0 Å². The molecule has 19 heavy (non-hydrogen) atoms. The summed E-state index contributed by atoms with van der Waals surface area (Å²) in [5.74, 6) is 0. The van der Waals surface area contributed by atoms with E-state index in [9.17, 15) is 0 Å². The van der Waals surface area contributed by atoms with Gasteiger partial charge in [-0.25, -0.2) is 0 Å². The number of rotatable bonds is 4. The Balaban J connectivity index is 2.03. The lowest BCUT2D eigenvalue weighted by Crippen LogP contribution is -1.97. The molecule has 0 aliphatic carbocycles. The first-order valence-corrected chi connectivity index (χ1v) is 7.35. The molecule has 0 heterocycles. The smallest absolute Gasteiger partial charge is 0.0602 e. The van der Waals surface area contributed by atoms with Gasteiger partial charge in [-0.05, 0) is 31.4 Å². The quantitative estimate of drug-likeness (QED) is 0.611. The van der Waals surface area contributed by atoms with Crippen LogP contribution < -0.4 is 0 Å². The second-order valence-corrected chi connectivity index (χ2v) is 6.05. The fourth-order valence-corrected chi connectivity index (χ4v) is 2.74. The van der Waals surface area contributed by atoms with E-state index in [-0.39, 0.29) is 10.8 Å². The van der Waals surface area contributed by atoms with E-state index in [2.05, 4.69) is 62.4 Å². The molecule has 0 N–H and O–H groups in total. The Morgan fingerprint density at radius 2 is 1.00 bits per heavy atom. The summed E-state index contributed by atoms with van der Waals surface area (Å²) in [6.07, 6.45) is 0.731. The van der Waals surface area contributed by atoms with Gasteiger partial charge in [-0.1, -0.05) is 59.7 Å². The van der Waals surface area contributed by atoms with Gasteiger partial charge in [0.2, 0.25) is 0 Å². The summed E-state index contributed by atoms with van der Waals surface area (Å²) >= 11 is 12.9. The van der Waals surface area contributed by atoms with Crippen molar-refractivity contribution >= 4 is 23.2 Å². The minimum atomic E-state index is -0.0515. The van der Waals surface area contributed by atoms with Crippen LogP contribution in [0.15, 0.2) is 48.5 Å². The summed E-state index contributed by atoms with van der Waals surface area (Å²) in [6.45, 7) is 4.15. The molecule has 0 aliphatic rings. The summed E-state index contributed by atoms with van der Waals surface area (Å²) in [4.78, 5) is 0. The van der Waals surface area contributed by atoms with E-state index in [1.165, 1.54) is 11.1 Å². The lowest BCUT2D eigenvalue weighted by molar-refractivity contribution is 0.768. The topological polar surface area (TPSA) is 0 Å². The normalized spacial score (nSPS) is 14.1. The Kier molecular flexibility index (Phi) is 4.90. The molecule has 2 heteroatoms. The summed E-state index contributed by atoms with van der Waals surface area (Å²) < 4.78 is 0. The lowest BCUT2D eigenvalue weighted by Gasteiger charge is -2.15. The summed E-state index contributed by atoms with van der Waals surface area (Å²) in [7, 11) is 0. The molecular formula is C17H18Cl2. The Morgan fingerprint density at radius 1 is 0.684 bits per heavy atom. The Labute approximate surface area is 125 Å². The number of alkyl halides is 2. The molecule has 0 nitrogen and oxygen atoms in total. The highest BCUT2D eigenvalue weighted by Gasteiger charge is 2.15. The predicted molar refractivity (Wildman–Crippen MR) is 84.2 cm³/mol. The fraction of sp³-hybridized carbons (Fsp3) is 0.294. The lowest BCUT2D eigenvalue weighted by atomic mass is 10.0. The van der Waals surface area contributed by atoms with Crippen molar-refractivity contribution in [3.8, 4) is 0 Å². The molecule has 2 aromatic rings. The van der Waals surface area contributed by atoms with Gasteiger partial charge >= 0.3 is 0 Å². The zero-order chi connectivity index (χ0) is 13.8. The van der Waals surface area contributed by atoms with Gasteiger partial charge in [-0.2, -0.15) is 0 Å². The monoisotopic (exact) mass is 292 g/mol. The van der Waals surface area contributed by atoms with Gasteiger partial charge in [0.05, 0.1) is 10.8 Å². The van der Waals surface area contributed by atoms with Crippen molar-refractivity contribution in [2.75, 3.05) is 0 Å². The van der Waals surface area contributed by atoms with Crippen molar-refractivity contribution in [2.24, 2.45) is 0 Å². The molecule has 0 saturated heterocycles. The minimum absolute atomic E-state index is 0.0515. The molecule has 0 amide bonds. The van der Waals surface area contributed by atoms with Crippen molar-refractivity contribution in [3.05, 3.63) is 70.8 Å². The average molecular weight is 293 g/mol. The highest BCUT2D eigenvalue weighted by molar-refractivity contribution is 6.23. The maximum atomic E-state index is 6.45. The molecule has 2 unspecified atom stereocenters. The molecule has 0 radical (unpaired) electrons. The van der Waals surface area contributed by atoms with Crippen molar-refractivity contribution in [2.45, 2.75) is 31.0 Å². The average Bonchev–Trinajstić information content (AvgIpc) is 2.40. The van der Waals surface area contributed by atoms with E-state index in [0.29, 0.717) is 0 Å². The van der Waals surface area contributed by atoms with Gasteiger partial charge in [-0.3, -0.25) is 0 Å². The first kappa shape index (κ1) is 14.4. The Morgan fingerprint density at radius 3 is 1.32 bits per heavy atom. The largest absolute Gasteiger partial charge is 0.118 e. The van der Waals surface area contributed by atoms with Crippen LogP contribution in [0.4, 0.5) is 0 Å². The molecular weight excluding hydrogens is 275 g/mol. The second-order valence-electron chi connectivity index (χ2n) is 4.99. The van der Waals surface area contributed by atoms with Crippen molar-refractivity contribution in [1.82, 2.24) is 0 Å². The number of halogens is 2. The zero-order valence-electron chi connectivity index (χ0n) is 11.2. The van der Waals surface area contributed by atoms with Gasteiger partial charge in [0.15, 0.2) is 0 Å². The first-order chi connectivity index (χ1) is 9.06. The molecule has 0 aliphatic heterocycles. The SMILES string of the molecule is Cc1ccc(C(Cl)CC(Cl)c2ccc(C)cc2)cc1. The Hall–Kier alpha value is -0.980. The second kappa shape index (κ2) is 6.45. The summed E-state index contributed by atoms with van der Waals surface area (Å²) in [5, 5.41) is -0.103. The van der Waals surface area contributed by atoms with Crippen LogP contribution >= 0.6 is 23.2 Å². The molecule has 100 valence electrons. The van der Waals surface area contributed by atoms with Crippen LogP contribution in [0, 0.1) is 13.8 Å². The fourth-order valence-electron chi connectivity index (χ4n) is 2.00. The van der Waals surface area contributed by atoms with Gasteiger partial charge in [-0.15, -0.1) is 23.2 Å².